The zero-order valence-corrected chi connectivity index (χ0v) is 16.5. The number of carbonyl (C=O) groups excluding carboxylic acids is 2. The van der Waals surface area contributed by atoms with E-state index in [1.165, 1.54) is 6.20 Å². The third kappa shape index (κ3) is 5.66. The number of rotatable bonds is 4. The Morgan fingerprint density at radius 3 is 2.63 bits per heavy atom. The van der Waals surface area contributed by atoms with Crippen molar-refractivity contribution in [3.8, 4) is 0 Å². The number of nitrogens with zero attached hydrogens (tertiary/aromatic N) is 2. The highest BCUT2D eigenvalue weighted by atomic mass is 35.5. The van der Waals surface area contributed by atoms with Gasteiger partial charge in [-0.15, -0.1) is 24.8 Å². The van der Waals surface area contributed by atoms with Crippen LogP contribution in [0.1, 0.15) is 40.0 Å². The Balaban J connectivity index is 0.00000182. The number of benzene rings is 1. The van der Waals surface area contributed by atoms with E-state index in [1.807, 2.05) is 4.90 Å². The van der Waals surface area contributed by atoms with Crippen LogP contribution in [0.25, 0.3) is 0 Å². The second kappa shape index (κ2) is 10.9. The van der Waals surface area contributed by atoms with E-state index in [1.54, 1.807) is 42.6 Å². The summed E-state index contributed by atoms with van der Waals surface area (Å²) in [7, 11) is 0. The zero-order valence-electron chi connectivity index (χ0n) is 14.8. The van der Waals surface area contributed by atoms with Crippen molar-refractivity contribution in [1.82, 2.24) is 9.88 Å². The summed E-state index contributed by atoms with van der Waals surface area (Å²) in [6, 6.07) is 10.5. The lowest BCUT2D eigenvalue weighted by molar-refractivity contribution is 0.0623. The van der Waals surface area contributed by atoms with E-state index in [9.17, 15) is 9.59 Å². The number of amides is 2. The maximum atomic E-state index is 12.8. The number of carbonyl (C=O) groups is 2. The number of hydrogen-bond donors (Lipinski definition) is 2. The number of piperidine rings is 1. The lowest BCUT2D eigenvalue weighted by atomic mass is 10.0. The summed E-state index contributed by atoms with van der Waals surface area (Å²) < 4.78 is 0. The van der Waals surface area contributed by atoms with Gasteiger partial charge in [0, 0.05) is 42.8 Å². The predicted molar refractivity (Wildman–Crippen MR) is 111 cm³/mol. The first-order valence-electron chi connectivity index (χ1n) is 8.51. The monoisotopic (exact) mass is 410 g/mol. The lowest BCUT2D eigenvalue weighted by Crippen LogP contribution is -2.47. The van der Waals surface area contributed by atoms with Crippen molar-refractivity contribution in [3.63, 3.8) is 0 Å². The second-order valence-electron chi connectivity index (χ2n) is 6.16. The molecule has 1 aliphatic heterocycles. The average molecular weight is 411 g/mol. The standard InChI is InChI=1S/C19H22N4O2.2ClH/c20-12-17-8-1-2-10-23(17)19(25)14-5-3-7-16(11-14)22-18(24)15-6-4-9-21-13-15;;/h3-7,9,11,13,17H,1-2,8,10,12,20H2,(H,22,24);2*1H. The van der Waals surface area contributed by atoms with E-state index in [2.05, 4.69) is 10.3 Å². The van der Waals surface area contributed by atoms with Crippen molar-refractivity contribution < 1.29 is 9.59 Å². The fourth-order valence-electron chi connectivity index (χ4n) is 3.11. The van der Waals surface area contributed by atoms with Crippen molar-refractivity contribution in [1.29, 1.82) is 0 Å². The van der Waals surface area contributed by atoms with E-state index in [0.29, 0.717) is 23.4 Å². The third-order valence-electron chi connectivity index (χ3n) is 4.45. The first kappa shape index (κ1) is 22.9. The molecule has 0 bridgehead atoms. The number of nitrogens with one attached hydrogen (secondary N) is 1. The SMILES string of the molecule is Cl.Cl.NCC1CCCCN1C(=O)c1cccc(NC(=O)c2cccnc2)c1. The minimum atomic E-state index is -0.254. The van der Waals surface area contributed by atoms with Crippen LogP contribution in [0.4, 0.5) is 5.69 Å². The van der Waals surface area contributed by atoms with Gasteiger partial charge in [-0.05, 0) is 49.6 Å². The number of anilines is 1. The zero-order chi connectivity index (χ0) is 17.6. The maximum absolute atomic E-state index is 12.8. The lowest BCUT2D eigenvalue weighted by Gasteiger charge is -2.35. The Kier molecular flexibility index (Phi) is 9.21. The van der Waals surface area contributed by atoms with Gasteiger partial charge in [0.15, 0.2) is 0 Å². The van der Waals surface area contributed by atoms with Gasteiger partial charge in [0.2, 0.25) is 0 Å². The summed E-state index contributed by atoms with van der Waals surface area (Å²) >= 11 is 0. The van der Waals surface area contributed by atoms with E-state index >= 15 is 0 Å². The van der Waals surface area contributed by atoms with Crippen LogP contribution >= 0.6 is 24.8 Å². The minimum absolute atomic E-state index is 0. The first-order valence-corrected chi connectivity index (χ1v) is 8.51. The first-order chi connectivity index (χ1) is 12.2. The largest absolute Gasteiger partial charge is 0.334 e. The number of halogens is 2. The summed E-state index contributed by atoms with van der Waals surface area (Å²) in [5, 5.41) is 2.81. The molecule has 2 amide bonds. The highest BCUT2D eigenvalue weighted by Crippen LogP contribution is 2.20. The number of hydrogen-bond acceptors (Lipinski definition) is 4. The number of likely N-dealkylation sites (tertiary alicyclic amines) is 1. The maximum Gasteiger partial charge on any atom is 0.257 e. The molecule has 146 valence electrons. The Hall–Kier alpha value is -2.15. The van der Waals surface area contributed by atoms with Crippen LogP contribution in [-0.4, -0.2) is 40.8 Å². The summed E-state index contributed by atoms with van der Waals surface area (Å²) in [6.07, 6.45) is 6.17. The normalized spacial score (nSPS) is 15.9. The molecule has 0 saturated carbocycles. The van der Waals surface area contributed by atoms with Crippen LogP contribution in [0.5, 0.6) is 0 Å². The van der Waals surface area contributed by atoms with Gasteiger partial charge in [0.05, 0.1) is 5.56 Å². The van der Waals surface area contributed by atoms with Crippen molar-refractivity contribution in [2.45, 2.75) is 25.3 Å². The summed E-state index contributed by atoms with van der Waals surface area (Å²) in [5.74, 6) is -0.289. The van der Waals surface area contributed by atoms with Gasteiger partial charge in [-0.2, -0.15) is 0 Å². The quantitative estimate of drug-likeness (QED) is 0.809. The molecule has 8 heteroatoms. The van der Waals surface area contributed by atoms with E-state index in [0.717, 1.165) is 25.8 Å². The molecule has 0 radical (unpaired) electrons. The van der Waals surface area contributed by atoms with Gasteiger partial charge in [0.1, 0.15) is 0 Å². The molecule has 3 N–H and O–H groups in total. The molecule has 1 atom stereocenters. The van der Waals surface area contributed by atoms with Crippen LogP contribution in [0.15, 0.2) is 48.8 Å². The third-order valence-corrected chi connectivity index (χ3v) is 4.45. The molecule has 1 aliphatic rings. The molecule has 1 aromatic heterocycles. The number of aromatic nitrogens is 1. The van der Waals surface area contributed by atoms with Crippen LogP contribution in [0, 0.1) is 0 Å². The smallest absolute Gasteiger partial charge is 0.257 e. The van der Waals surface area contributed by atoms with Gasteiger partial charge < -0.3 is 16.0 Å². The second-order valence-corrected chi connectivity index (χ2v) is 6.16. The van der Waals surface area contributed by atoms with Crippen molar-refractivity contribution in [2.75, 3.05) is 18.4 Å². The molecule has 2 heterocycles. The van der Waals surface area contributed by atoms with Crippen molar-refractivity contribution in [3.05, 3.63) is 59.9 Å². The number of nitrogens with two attached hydrogens (primary N) is 1. The van der Waals surface area contributed by atoms with Gasteiger partial charge in [-0.1, -0.05) is 6.07 Å². The summed E-state index contributed by atoms with van der Waals surface area (Å²) in [4.78, 5) is 30.8. The molecular formula is C19H24Cl2N4O2. The van der Waals surface area contributed by atoms with Gasteiger partial charge in [0.25, 0.3) is 11.8 Å². The van der Waals surface area contributed by atoms with Crippen LogP contribution in [0.3, 0.4) is 0 Å². The predicted octanol–water partition coefficient (Wildman–Crippen LogP) is 3.13. The number of pyridine rings is 1. The van der Waals surface area contributed by atoms with Crippen LogP contribution < -0.4 is 11.1 Å². The average Bonchev–Trinajstić information content (AvgIpc) is 2.68. The van der Waals surface area contributed by atoms with Gasteiger partial charge in [-0.3, -0.25) is 14.6 Å². The van der Waals surface area contributed by atoms with E-state index < -0.39 is 0 Å². The molecule has 1 aromatic carbocycles. The van der Waals surface area contributed by atoms with Crippen molar-refractivity contribution in [2.24, 2.45) is 5.73 Å². The fourth-order valence-corrected chi connectivity index (χ4v) is 3.11. The Morgan fingerprint density at radius 1 is 1.15 bits per heavy atom. The fraction of sp³-hybridized carbons (Fsp3) is 0.316. The molecule has 27 heavy (non-hydrogen) atoms. The summed E-state index contributed by atoms with van der Waals surface area (Å²) in [6.45, 7) is 1.20. The van der Waals surface area contributed by atoms with Crippen LogP contribution in [-0.2, 0) is 0 Å². The van der Waals surface area contributed by atoms with Crippen LogP contribution in [0.2, 0.25) is 0 Å². The molecule has 1 saturated heterocycles. The minimum Gasteiger partial charge on any atom is -0.334 e. The Labute approximate surface area is 171 Å². The highest BCUT2D eigenvalue weighted by Gasteiger charge is 2.26. The molecule has 2 aromatic rings. The van der Waals surface area contributed by atoms with Gasteiger partial charge in [-0.25, -0.2) is 0 Å². The molecule has 1 unspecified atom stereocenters. The van der Waals surface area contributed by atoms with E-state index in [-0.39, 0.29) is 42.7 Å². The molecule has 6 nitrogen and oxygen atoms in total. The topological polar surface area (TPSA) is 88.3 Å². The van der Waals surface area contributed by atoms with E-state index in [4.69, 9.17) is 5.73 Å². The molecule has 0 spiro atoms. The van der Waals surface area contributed by atoms with Gasteiger partial charge >= 0.3 is 0 Å². The molecule has 1 fully saturated rings. The molecule has 3 rings (SSSR count). The Bertz CT molecular complexity index is 758. The molecule has 0 aliphatic carbocycles. The molecular weight excluding hydrogens is 387 g/mol. The summed E-state index contributed by atoms with van der Waals surface area (Å²) in [5.41, 5.74) is 7.43. The highest BCUT2D eigenvalue weighted by molar-refractivity contribution is 6.05. The Morgan fingerprint density at radius 2 is 1.93 bits per heavy atom. The van der Waals surface area contributed by atoms with Crippen molar-refractivity contribution >= 4 is 42.3 Å².